The van der Waals surface area contributed by atoms with Gasteiger partial charge in [0.15, 0.2) is 10.8 Å². The van der Waals surface area contributed by atoms with Crippen molar-refractivity contribution in [2.45, 2.75) is 18.9 Å². The predicted octanol–water partition coefficient (Wildman–Crippen LogP) is 0.899. The lowest BCUT2D eigenvalue weighted by Gasteiger charge is -2.32. The second-order valence-electron chi connectivity index (χ2n) is 6.05. The van der Waals surface area contributed by atoms with Crippen molar-refractivity contribution in [2.24, 2.45) is 5.73 Å². The van der Waals surface area contributed by atoms with Crippen LogP contribution in [0.4, 0.5) is 16.0 Å². The van der Waals surface area contributed by atoms with E-state index in [1.54, 1.807) is 18.3 Å². The van der Waals surface area contributed by atoms with Gasteiger partial charge in [-0.15, -0.1) is 0 Å². The molecule has 0 aliphatic carbocycles. The van der Waals surface area contributed by atoms with E-state index in [4.69, 9.17) is 5.73 Å². The molecule has 0 spiro atoms. The van der Waals surface area contributed by atoms with Crippen molar-refractivity contribution in [2.75, 3.05) is 29.6 Å². The maximum Gasteiger partial charge on any atom is 0.270 e. The summed E-state index contributed by atoms with van der Waals surface area (Å²) in [5.41, 5.74) is 5.60. The minimum atomic E-state index is -3.27. The topological polar surface area (TPSA) is 130 Å². The van der Waals surface area contributed by atoms with Gasteiger partial charge < -0.3 is 16.0 Å². The Labute approximate surface area is 155 Å². The number of hydrogen-bond donors (Lipinski definition) is 3. The van der Waals surface area contributed by atoms with Crippen LogP contribution in [0.5, 0.6) is 0 Å². The number of piperidine rings is 1. The first-order valence-corrected chi connectivity index (χ1v) is 10.7. The molecule has 3 heterocycles. The number of amides is 1. The van der Waals surface area contributed by atoms with Gasteiger partial charge in [-0.3, -0.25) is 4.79 Å². The quantitative estimate of drug-likeness (QED) is 0.661. The molecule has 1 saturated heterocycles. The van der Waals surface area contributed by atoms with Gasteiger partial charge in [-0.05, 0) is 25.0 Å². The zero-order valence-corrected chi connectivity index (χ0v) is 15.8. The molecule has 0 saturated carbocycles. The molecule has 9 nitrogen and oxygen atoms in total. The first-order valence-electron chi connectivity index (χ1n) is 8.03. The number of anilines is 3. The van der Waals surface area contributed by atoms with Gasteiger partial charge in [-0.2, -0.15) is 0 Å². The molecule has 1 atom stereocenters. The number of hydrogen-bond acceptors (Lipinski definition) is 8. The SMILES string of the molecule is CS(=O)(=O)NC1CCCN(c2nc(C(N)=O)c(Nc3ccccn3)s2)C1. The van der Waals surface area contributed by atoms with Gasteiger partial charge in [-0.25, -0.2) is 23.1 Å². The lowest BCUT2D eigenvalue weighted by Crippen LogP contribution is -2.47. The highest BCUT2D eigenvalue weighted by atomic mass is 32.2. The van der Waals surface area contributed by atoms with Crippen LogP contribution in [0.25, 0.3) is 0 Å². The maximum atomic E-state index is 11.8. The van der Waals surface area contributed by atoms with E-state index in [2.05, 4.69) is 20.0 Å². The van der Waals surface area contributed by atoms with E-state index in [-0.39, 0.29) is 11.7 Å². The highest BCUT2D eigenvalue weighted by molar-refractivity contribution is 7.88. The van der Waals surface area contributed by atoms with Crippen LogP contribution in [0.1, 0.15) is 23.3 Å². The Hall–Kier alpha value is -2.24. The average molecular weight is 396 g/mol. The van der Waals surface area contributed by atoms with Crippen LogP contribution in [0, 0.1) is 0 Å². The van der Waals surface area contributed by atoms with Crippen LogP contribution in [0.15, 0.2) is 24.4 Å². The lowest BCUT2D eigenvalue weighted by molar-refractivity contribution is 0.0997. The summed E-state index contributed by atoms with van der Waals surface area (Å²) < 4.78 is 25.6. The Morgan fingerprint density at radius 1 is 1.42 bits per heavy atom. The number of nitrogens with two attached hydrogens (primary N) is 1. The number of primary amides is 1. The van der Waals surface area contributed by atoms with Crippen molar-refractivity contribution >= 4 is 43.2 Å². The van der Waals surface area contributed by atoms with Crippen molar-refractivity contribution in [1.82, 2.24) is 14.7 Å². The number of thiazole rings is 1. The van der Waals surface area contributed by atoms with Crippen molar-refractivity contribution in [3.8, 4) is 0 Å². The standard InChI is InChI=1S/C15H20N6O3S2/c1-26(23,24)20-10-5-4-8-21(9-10)15-19-12(13(16)22)14(25-15)18-11-6-2-3-7-17-11/h2-3,6-7,10,20H,4-5,8-9H2,1H3,(H2,16,22)(H,17,18). The minimum absolute atomic E-state index is 0.147. The molecule has 1 amide bonds. The smallest absolute Gasteiger partial charge is 0.270 e. The van der Waals surface area contributed by atoms with Crippen molar-refractivity contribution in [3.63, 3.8) is 0 Å². The Kier molecular flexibility index (Phi) is 5.39. The number of nitrogens with one attached hydrogen (secondary N) is 2. The Morgan fingerprint density at radius 2 is 2.23 bits per heavy atom. The predicted molar refractivity (Wildman–Crippen MR) is 101 cm³/mol. The van der Waals surface area contributed by atoms with E-state index < -0.39 is 15.9 Å². The van der Waals surface area contributed by atoms with Gasteiger partial charge in [0.2, 0.25) is 10.0 Å². The van der Waals surface area contributed by atoms with Gasteiger partial charge in [0.1, 0.15) is 10.8 Å². The Bertz CT molecular complexity index is 884. The molecular formula is C15H20N6O3S2. The van der Waals surface area contributed by atoms with Crippen LogP contribution in [0.3, 0.4) is 0 Å². The molecule has 2 aromatic rings. The summed E-state index contributed by atoms with van der Waals surface area (Å²) in [7, 11) is -3.27. The number of nitrogens with zero attached hydrogens (tertiary/aromatic N) is 3. The summed E-state index contributed by atoms with van der Waals surface area (Å²) in [6, 6.07) is 5.21. The zero-order valence-electron chi connectivity index (χ0n) is 14.2. The van der Waals surface area contributed by atoms with Crippen LogP contribution < -0.4 is 20.7 Å². The molecular weight excluding hydrogens is 376 g/mol. The van der Waals surface area contributed by atoms with E-state index in [9.17, 15) is 13.2 Å². The number of pyridine rings is 1. The van der Waals surface area contributed by atoms with Crippen molar-refractivity contribution in [3.05, 3.63) is 30.1 Å². The summed E-state index contributed by atoms with van der Waals surface area (Å²) in [5, 5.41) is 4.21. The molecule has 3 rings (SSSR count). The third-order valence-corrected chi connectivity index (χ3v) is 5.62. The Balaban J connectivity index is 1.81. The summed E-state index contributed by atoms with van der Waals surface area (Å²) in [6.07, 6.45) is 4.37. The van der Waals surface area contributed by atoms with Crippen molar-refractivity contribution < 1.29 is 13.2 Å². The number of sulfonamides is 1. The van der Waals surface area contributed by atoms with Crippen LogP contribution in [0.2, 0.25) is 0 Å². The highest BCUT2D eigenvalue weighted by Gasteiger charge is 2.26. The second-order valence-corrected chi connectivity index (χ2v) is 8.81. The summed E-state index contributed by atoms with van der Waals surface area (Å²) >= 11 is 1.29. The average Bonchev–Trinajstić information content (AvgIpc) is 2.99. The van der Waals surface area contributed by atoms with Gasteiger partial charge in [0.25, 0.3) is 5.91 Å². The summed E-state index contributed by atoms with van der Waals surface area (Å²) in [6.45, 7) is 1.22. The fraction of sp³-hybridized carbons (Fsp3) is 0.400. The fourth-order valence-corrected chi connectivity index (χ4v) is 4.61. The largest absolute Gasteiger partial charge is 0.364 e. The molecule has 2 aromatic heterocycles. The fourth-order valence-electron chi connectivity index (χ4n) is 2.80. The third kappa shape index (κ3) is 4.68. The van der Waals surface area contributed by atoms with E-state index in [1.807, 2.05) is 11.0 Å². The van der Waals surface area contributed by atoms with Crippen LogP contribution >= 0.6 is 11.3 Å². The van der Waals surface area contributed by atoms with Crippen molar-refractivity contribution in [1.29, 1.82) is 0 Å². The second kappa shape index (κ2) is 7.56. The number of carbonyl (C=O) groups excluding carboxylic acids is 1. The van der Waals surface area contributed by atoms with E-state index in [0.717, 1.165) is 25.6 Å². The Morgan fingerprint density at radius 3 is 2.88 bits per heavy atom. The molecule has 4 N–H and O–H groups in total. The molecule has 11 heteroatoms. The van der Waals surface area contributed by atoms with E-state index >= 15 is 0 Å². The molecule has 0 bridgehead atoms. The highest BCUT2D eigenvalue weighted by Crippen LogP contribution is 2.34. The molecule has 140 valence electrons. The van der Waals surface area contributed by atoms with Gasteiger partial charge >= 0.3 is 0 Å². The molecule has 0 radical (unpaired) electrons. The maximum absolute atomic E-state index is 11.8. The molecule has 1 aliphatic heterocycles. The molecule has 1 unspecified atom stereocenters. The normalized spacial score (nSPS) is 17.9. The minimum Gasteiger partial charge on any atom is -0.364 e. The molecule has 0 aromatic carbocycles. The lowest BCUT2D eigenvalue weighted by atomic mass is 10.1. The molecule has 1 aliphatic rings. The summed E-state index contributed by atoms with van der Waals surface area (Å²) in [4.78, 5) is 22.3. The van der Waals surface area contributed by atoms with Gasteiger partial charge in [-0.1, -0.05) is 17.4 Å². The monoisotopic (exact) mass is 396 g/mol. The summed E-state index contributed by atoms with van der Waals surface area (Å²) in [5.74, 6) is -0.0470. The van der Waals surface area contributed by atoms with Gasteiger partial charge in [0, 0.05) is 25.3 Å². The first-order chi connectivity index (χ1) is 12.3. The number of aromatic nitrogens is 2. The molecule has 26 heavy (non-hydrogen) atoms. The van der Waals surface area contributed by atoms with E-state index in [0.29, 0.717) is 22.5 Å². The molecule has 1 fully saturated rings. The zero-order chi connectivity index (χ0) is 18.7. The number of carbonyl (C=O) groups is 1. The van der Waals surface area contributed by atoms with Crippen LogP contribution in [-0.2, 0) is 10.0 Å². The third-order valence-electron chi connectivity index (χ3n) is 3.83. The number of rotatable bonds is 6. The van der Waals surface area contributed by atoms with Gasteiger partial charge in [0.05, 0.1) is 6.26 Å². The van der Waals surface area contributed by atoms with Crippen LogP contribution in [-0.4, -0.2) is 49.7 Å². The van der Waals surface area contributed by atoms with E-state index in [1.165, 1.54) is 11.3 Å². The first kappa shape index (κ1) is 18.5.